The van der Waals surface area contributed by atoms with Crippen LogP contribution in [-0.2, 0) is 19.4 Å². The molecular formula is C25H43N3O. The molecule has 29 heavy (non-hydrogen) atoms. The van der Waals surface area contributed by atoms with E-state index in [1.54, 1.807) is 0 Å². The molecule has 164 valence electrons. The van der Waals surface area contributed by atoms with Gasteiger partial charge in [0.25, 0.3) is 0 Å². The van der Waals surface area contributed by atoms with E-state index < -0.39 is 0 Å². The third kappa shape index (κ3) is 6.95. The van der Waals surface area contributed by atoms with Crippen molar-refractivity contribution in [2.24, 2.45) is 0 Å². The van der Waals surface area contributed by atoms with Crippen molar-refractivity contribution in [2.75, 3.05) is 40.8 Å². The van der Waals surface area contributed by atoms with Crippen LogP contribution in [0.15, 0.2) is 23.5 Å². The minimum atomic E-state index is 0.784. The van der Waals surface area contributed by atoms with E-state index in [1.807, 2.05) is 0 Å². The fraction of sp³-hybridized carbons (Fsp3) is 0.680. The molecule has 0 amide bonds. The quantitative estimate of drug-likeness (QED) is 0.501. The van der Waals surface area contributed by atoms with Crippen molar-refractivity contribution >= 4 is 0 Å². The second-order valence-electron chi connectivity index (χ2n) is 8.60. The zero-order chi connectivity index (χ0) is 21.2. The Hall–Kier alpha value is -1.68. The lowest BCUT2D eigenvalue weighted by Gasteiger charge is -2.24. The summed E-state index contributed by atoms with van der Waals surface area (Å²) >= 11 is 0. The van der Waals surface area contributed by atoms with Gasteiger partial charge in [0, 0.05) is 45.5 Å². The predicted molar refractivity (Wildman–Crippen MR) is 125 cm³/mol. The van der Waals surface area contributed by atoms with Gasteiger partial charge in [0.2, 0.25) is 0 Å². The van der Waals surface area contributed by atoms with Crippen LogP contribution in [0.2, 0.25) is 0 Å². The third-order valence-electron chi connectivity index (χ3n) is 5.91. The zero-order valence-corrected chi connectivity index (χ0v) is 19.7. The number of allylic oxidation sites excluding steroid dienone is 2. The van der Waals surface area contributed by atoms with Crippen molar-refractivity contribution in [3.63, 3.8) is 0 Å². The summed E-state index contributed by atoms with van der Waals surface area (Å²) in [7, 11) is 6.50. The van der Waals surface area contributed by atoms with Crippen LogP contribution in [0.25, 0.3) is 0 Å². The average Bonchev–Trinajstić information content (AvgIpc) is 2.81. The molecule has 1 aliphatic heterocycles. The van der Waals surface area contributed by atoms with E-state index in [4.69, 9.17) is 4.74 Å². The molecule has 0 saturated heterocycles. The monoisotopic (exact) mass is 401 g/mol. The van der Waals surface area contributed by atoms with Crippen LogP contribution in [0.3, 0.4) is 0 Å². The molecule has 0 radical (unpaired) electrons. The van der Waals surface area contributed by atoms with Gasteiger partial charge in [0.15, 0.2) is 0 Å². The van der Waals surface area contributed by atoms with Crippen molar-refractivity contribution in [3.05, 3.63) is 40.2 Å². The summed E-state index contributed by atoms with van der Waals surface area (Å²) in [5.74, 6) is 1.09. The van der Waals surface area contributed by atoms with Crippen LogP contribution >= 0.6 is 0 Å². The maximum atomic E-state index is 6.28. The minimum Gasteiger partial charge on any atom is -0.493 e. The molecule has 0 unspecified atom stereocenters. The van der Waals surface area contributed by atoms with Crippen molar-refractivity contribution < 1.29 is 4.74 Å². The summed E-state index contributed by atoms with van der Waals surface area (Å²) in [4.78, 5) is 4.63. The molecule has 0 saturated carbocycles. The van der Waals surface area contributed by atoms with Gasteiger partial charge in [-0.2, -0.15) is 0 Å². The molecule has 0 spiro atoms. The largest absolute Gasteiger partial charge is 0.493 e. The number of fused-ring (bicyclic) bond motifs is 1. The maximum Gasteiger partial charge on any atom is 0.122 e. The third-order valence-corrected chi connectivity index (χ3v) is 5.91. The fourth-order valence-electron chi connectivity index (χ4n) is 4.02. The van der Waals surface area contributed by atoms with Gasteiger partial charge < -0.3 is 19.9 Å². The van der Waals surface area contributed by atoms with E-state index in [0.29, 0.717) is 0 Å². The Morgan fingerprint density at radius 2 is 1.79 bits per heavy atom. The summed E-state index contributed by atoms with van der Waals surface area (Å²) < 4.78 is 6.28. The molecule has 0 fully saturated rings. The SMILES string of the molecule is CCCCCNCCCOc1cc2c(cc1CCC)CC(N(C)C)=C(C)N(C)C2. The molecule has 1 aromatic rings. The van der Waals surface area contributed by atoms with E-state index in [-0.39, 0.29) is 0 Å². The minimum absolute atomic E-state index is 0.784. The summed E-state index contributed by atoms with van der Waals surface area (Å²) in [5, 5.41) is 3.53. The van der Waals surface area contributed by atoms with Gasteiger partial charge in [-0.3, -0.25) is 0 Å². The molecule has 1 heterocycles. The number of nitrogens with zero attached hydrogens (tertiary/aromatic N) is 2. The summed E-state index contributed by atoms with van der Waals surface area (Å²) in [6.07, 6.45) is 8.15. The van der Waals surface area contributed by atoms with E-state index in [1.165, 1.54) is 47.3 Å². The Balaban J connectivity index is 2.05. The number of hydrogen-bond acceptors (Lipinski definition) is 4. The lowest BCUT2D eigenvalue weighted by atomic mass is 9.97. The van der Waals surface area contributed by atoms with E-state index in [2.05, 4.69) is 69.2 Å². The van der Waals surface area contributed by atoms with E-state index >= 15 is 0 Å². The maximum absolute atomic E-state index is 6.28. The number of nitrogens with one attached hydrogen (secondary N) is 1. The first-order chi connectivity index (χ1) is 14.0. The van der Waals surface area contributed by atoms with Gasteiger partial charge in [-0.05, 0) is 62.0 Å². The Morgan fingerprint density at radius 1 is 1.03 bits per heavy atom. The van der Waals surface area contributed by atoms with E-state index in [9.17, 15) is 0 Å². The molecule has 1 aromatic carbocycles. The van der Waals surface area contributed by atoms with Crippen molar-refractivity contribution in [2.45, 2.75) is 72.3 Å². The second-order valence-corrected chi connectivity index (χ2v) is 8.60. The van der Waals surface area contributed by atoms with Crippen LogP contribution in [0.4, 0.5) is 0 Å². The molecule has 0 aliphatic carbocycles. The van der Waals surface area contributed by atoms with Gasteiger partial charge in [-0.15, -0.1) is 0 Å². The highest BCUT2D eigenvalue weighted by molar-refractivity contribution is 5.45. The van der Waals surface area contributed by atoms with Crippen LogP contribution in [-0.4, -0.2) is 50.6 Å². The van der Waals surface area contributed by atoms with Crippen molar-refractivity contribution in [3.8, 4) is 5.75 Å². The molecule has 0 aromatic heterocycles. The molecule has 1 aliphatic rings. The van der Waals surface area contributed by atoms with Crippen LogP contribution in [0.5, 0.6) is 5.75 Å². The van der Waals surface area contributed by atoms with Gasteiger partial charge in [-0.1, -0.05) is 39.2 Å². The number of aryl methyl sites for hydroxylation is 1. The van der Waals surface area contributed by atoms with Crippen molar-refractivity contribution in [1.82, 2.24) is 15.1 Å². The summed E-state index contributed by atoms with van der Waals surface area (Å²) in [5.41, 5.74) is 6.97. The number of hydrogen-bond donors (Lipinski definition) is 1. The summed E-state index contributed by atoms with van der Waals surface area (Å²) in [6.45, 7) is 10.6. The van der Waals surface area contributed by atoms with Gasteiger partial charge >= 0.3 is 0 Å². The highest BCUT2D eigenvalue weighted by atomic mass is 16.5. The molecule has 0 atom stereocenters. The standard InChI is InChI=1S/C25H43N3O/c1-7-9-10-13-26-14-11-15-29-25-18-23-19-28(6)20(3)24(27(4)5)17-22(23)16-21(25)12-8-2/h16,18,26H,7-15,17,19H2,1-6H3. The average molecular weight is 402 g/mol. The number of rotatable bonds is 12. The van der Waals surface area contributed by atoms with Crippen LogP contribution in [0, 0.1) is 0 Å². The lowest BCUT2D eigenvalue weighted by Crippen LogP contribution is -2.21. The molecule has 0 bridgehead atoms. The number of likely N-dealkylation sites (N-methyl/N-ethyl adjacent to an activating group) is 1. The topological polar surface area (TPSA) is 27.7 Å². The molecule has 4 heteroatoms. The molecule has 4 nitrogen and oxygen atoms in total. The Bertz CT molecular complexity index is 666. The lowest BCUT2D eigenvalue weighted by molar-refractivity contribution is 0.304. The smallest absolute Gasteiger partial charge is 0.122 e. The highest BCUT2D eigenvalue weighted by Gasteiger charge is 2.20. The number of benzene rings is 1. The second kappa shape index (κ2) is 12.1. The van der Waals surface area contributed by atoms with E-state index in [0.717, 1.165) is 57.7 Å². The van der Waals surface area contributed by atoms with Gasteiger partial charge in [-0.25, -0.2) is 0 Å². The fourth-order valence-corrected chi connectivity index (χ4v) is 4.02. The first kappa shape index (κ1) is 23.6. The van der Waals surface area contributed by atoms with Crippen LogP contribution in [0.1, 0.15) is 69.6 Å². The zero-order valence-electron chi connectivity index (χ0n) is 19.7. The Morgan fingerprint density at radius 3 is 2.48 bits per heavy atom. The first-order valence-electron chi connectivity index (χ1n) is 11.5. The normalized spacial score (nSPS) is 14.1. The molecular weight excluding hydrogens is 358 g/mol. The van der Waals surface area contributed by atoms with Crippen LogP contribution < -0.4 is 10.1 Å². The van der Waals surface area contributed by atoms with Gasteiger partial charge in [0.05, 0.1) is 6.61 Å². The van der Waals surface area contributed by atoms with Crippen molar-refractivity contribution in [1.29, 1.82) is 0 Å². The Labute approximate surface area is 179 Å². The molecule has 2 rings (SSSR count). The van der Waals surface area contributed by atoms with Gasteiger partial charge in [0.1, 0.15) is 5.75 Å². The summed E-state index contributed by atoms with van der Waals surface area (Å²) in [6, 6.07) is 4.73. The highest BCUT2D eigenvalue weighted by Crippen LogP contribution is 2.32. The molecule has 1 N–H and O–H groups in total. The first-order valence-corrected chi connectivity index (χ1v) is 11.5. The predicted octanol–water partition coefficient (Wildman–Crippen LogP) is 4.97. The number of ether oxygens (including phenoxy) is 1. The Kier molecular flexibility index (Phi) is 9.86. The number of unbranched alkanes of at least 4 members (excludes halogenated alkanes) is 2.